The van der Waals surface area contributed by atoms with Gasteiger partial charge >= 0.3 is 0 Å². The Morgan fingerprint density at radius 1 is 0.852 bits per heavy atom. The summed E-state index contributed by atoms with van der Waals surface area (Å²) in [5, 5.41) is 0.318. The van der Waals surface area contributed by atoms with Crippen LogP contribution in [0.15, 0.2) is 42.5 Å². The highest BCUT2D eigenvalue weighted by Gasteiger charge is 2.26. The van der Waals surface area contributed by atoms with Gasteiger partial charge < -0.3 is 19.3 Å². The van der Waals surface area contributed by atoms with Gasteiger partial charge in [0.2, 0.25) is 0 Å². The van der Waals surface area contributed by atoms with Crippen LogP contribution in [0.5, 0.6) is 11.5 Å². The van der Waals surface area contributed by atoms with Crippen LogP contribution in [0.25, 0.3) is 0 Å². The average molecular weight is 389 g/mol. The fraction of sp³-hybridized carbons (Fsp3) is 0.300. The average Bonchev–Trinajstić information content (AvgIpc) is 2.72. The number of benzene rings is 2. The van der Waals surface area contributed by atoms with Gasteiger partial charge in [0.1, 0.15) is 0 Å². The van der Waals surface area contributed by atoms with Gasteiger partial charge in [-0.2, -0.15) is 0 Å². The zero-order valence-corrected chi connectivity index (χ0v) is 16.0. The first-order valence-electron chi connectivity index (χ1n) is 8.60. The number of hydrogen-bond donors (Lipinski definition) is 0. The summed E-state index contributed by atoms with van der Waals surface area (Å²) in [4.78, 5) is 28.8. The predicted octanol–water partition coefficient (Wildman–Crippen LogP) is 2.96. The zero-order valence-electron chi connectivity index (χ0n) is 15.3. The molecule has 3 rings (SSSR count). The molecule has 2 amide bonds. The van der Waals surface area contributed by atoms with Crippen molar-refractivity contribution in [2.75, 3.05) is 40.4 Å². The highest BCUT2D eigenvalue weighted by Crippen LogP contribution is 2.36. The second-order valence-corrected chi connectivity index (χ2v) is 6.55. The van der Waals surface area contributed by atoms with Gasteiger partial charge in [-0.3, -0.25) is 9.59 Å². The Morgan fingerprint density at radius 2 is 1.41 bits per heavy atom. The smallest absolute Gasteiger partial charge is 0.254 e. The van der Waals surface area contributed by atoms with Gasteiger partial charge in [-0.1, -0.05) is 29.8 Å². The van der Waals surface area contributed by atoms with E-state index in [4.69, 9.17) is 21.1 Å². The van der Waals surface area contributed by atoms with Crippen LogP contribution in [0.1, 0.15) is 20.7 Å². The molecule has 27 heavy (non-hydrogen) atoms. The van der Waals surface area contributed by atoms with Crippen LogP contribution in [-0.2, 0) is 0 Å². The highest BCUT2D eigenvalue weighted by molar-refractivity contribution is 6.32. The van der Waals surface area contributed by atoms with Crippen molar-refractivity contribution in [3.05, 3.63) is 58.6 Å². The Kier molecular flexibility index (Phi) is 5.86. The van der Waals surface area contributed by atoms with Crippen molar-refractivity contribution >= 4 is 23.4 Å². The lowest BCUT2D eigenvalue weighted by molar-refractivity contribution is 0.0535. The van der Waals surface area contributed by atoms with E-state index in [0.717, 1.165) is 0 Å². The van der Waals surface area contributed by atoms with Crippen molar-refractivity contribution in [2.24, 2.45) is 0 Å². The summed E-state index contributed by atoms with van der Waals surface area (Å²) in [6, 6.07) is 12.3. The molecule has 0 saturated carbocycles. The Hall–Kier alpha value is -2.73. The molecular formula is C20H21ClN2O4. The van der Waals surface area contributed by atoms with Crippen LogP contribution in [0.3, 0.4) is 0 Å². The van der Waals surface area contributed by atoms with Gasteiger partial charge in [-0.05, 0) is 24.3 Å². The monoisotopic (exact) mass is 388 g/mol. The van der Waals surface area contributed by atoms with Crippen LogP contribution >= 0.6 is 11.6 Å². The minimum atomic E-state index is -0.148. The van der Waals surface area contributed by atoms with E-state index in [0.29, 0.717) is 53.8 Å². The molecule has 7 heteroatoms. The molecule has 0 aromatic heterocycles. The van der Waals surface area contributed by atoms with E-state index in [9.17, 15) is 9.59 Å². The summed E-state index contributed by atoms with van der Waals surface area (Å²) >= 11 is 6.20. The predicted molar refractivity (Wildman–Crippen MR) is 103 cm³/mol. The fourth-order valence-electron chi connectivity index (χ4n) is 3.10. The van der Waals surface area contributed by atoms with Crippen LogP contribution in [0.2, 0.25) is 5.02 Å². The van der Waals surface area contributed by atoms with E-state index in [1.54, 1.807) is 34.1 Å². The molecule has 6 nitrogen and oxygen atoms in total. The first-order valence-corrected chi connectivity index (χ1v) is 8.98. The molecule has 1 aliphatic rings. The van der Waals surface area contributed by atoms with Gasteiger partial charge in [0, 0.05) is 37.3 Å². The van der Waals surface area contributed by atoms with Crippen LogP contribution < -0.4 is 9.47 Å². The quantitative estimate of drug-likeness (QED) is 0.808. The van der Waals surface area contributed by atoms with E-state index in [2.05, 4.69) is 0 Å². The molecule has 0 aliphatic carbocycles. The minimum Gasteiger partial charge on any atom is -0.493 e. The number of ether oxygens (including phenoxy) is 2. The van der Waals surface area contributed by atoms with Crippen LogP contribution in [0.4, 0.5) is 0 Å². The maximum atomic E-state index is 12.8. The minimum absolute atomic E-state index is 0.0168. The first-order chi connectivity index (χ1) is 13.0. The van der Waals surface area contributed by atoms with Crippen molar-refractivity contribution in [1.82, 2.24) is 9.80 Å². The van der Waals surface area contributed by atoms with Crippen LogP contribution in [-0.4, -0.2) is 62.0 Å². The lowest BCUT2D eigenvalue weighted by Gasteiger charge is -2.35. The Morgan fingerprint density at radius 3 is 1.93 bits per heavy atom. The number of nitrogens with zero attached hydrogens (tertiary/aromatic N) is 2. The maximum absolute atomic E-state index is 12.8. The standard InChI is InChI=1S/C20H21ClN2O4/c1-26-17-13-15(12-16(21)18(17)27-2)20(25)23-10-8-22(9-11-23)19(24)14-6-4-3-5-7-14/h3-7,12-13H,8-11H2,1-2H3. The van der Waals surface area contributed by atoms with Crippen molar-refractivity contribution in [2.45, 2.75) is 0 Å². The number of carbonyl (C=O) groups is 2. The largest absolute Gasteiger partial charge is 0.493 e. The number of hydrogen-bond acceptors (Lipinski definition) is 4. The van der Waals surface area contributed by atoms with Gasteiger partial charge in [0.25, 0.3) is 11.8 Å². The zero-order chi connectivity index (χ0) is 19.4. The van der Waals surface area contributed by atoms with E-state index >= 15 is 0 Å². The number of methoxy groups -OCH3 is 2. The van der Waals surface area contributed by atoms with E-state index < -0.39 is 0 Å². The molecule has 0 unspecified atom stereocenters. The van der Waals surface area contributed by atoms with Gasteiger partial charge in [0.05, 0.1) is 19.2 Å². The molecule has 2 aromatic rings. The van der Waals surface area contributed by atoms with Crippen molar-refractivity contribution in [3.8, 4) is 11.5 Å². The summed E-state index contributed by atoms with van der Waals surface area (Å²) in [5.41, 5.74) is 1.09. The molecule has 1 saturated heterocycles. The lowest BCUT2D eigenvalue weighted by Crippen LogP contribution is -2.50. The molecule has 1 fully saturated rings. The normalized spacial score (nSPS) is 14.0. The summed E-state index contributed by atoms with van der Waals surface area (Å²) in [6.07, 6.45) is 0. The molecule has 2 aromatic carbocycles. The SMILES string of the molecule is COc1cc(C(=O)N2CCN(C(=O)c3ccccc3)CC2)cc(Cl)c1OC. The number of rotatable bonds is 4. The third kappa shape index (κ3) is 4.01. The summed E-state index contributed by atoms with van der Waals surface area (Å²) in [7, 11) is 2.99. The Bertz CT molecular complexity index is 833. The van der Waals surface area contributed by atoms with Crippen molar-refractivity contribution < 1.29 is 19.1 Å². The molecule has 0 radical (unpaired) electrons. The molecule has 0 spiro atoms. The van der Waals surface area contributed by atoms with Gasteiger partial charge in [-0.15, -0.1) is 0 Å². The van der Waals surface area contributed by atoms with Crippen LogP contribution in [0, 0.1) is 0 Å². The highest BCUT2D eigenvalue weighted by atomic mass is 35.5. The van der Waals surface area contributed by atoms with E-state index in [1.807, 2.05) is 18.2 Å². The summed E-state index contributed by atoms with van der Waals surface area (Å²) in [6.45, 7) is 1.90. The lowest BCUT2D eigenvalue weighted by atomic mass is 10.1. The molecule has 1 heterocycles. The third-order valence-corrected chi connectivity index (χ3v) is 4.84. The molecule has 1 aliphatic heterocycles. The number of carbonyl (C=O) groups excluding carboxylic acids is 2. The molecule has 142 valence electrons. The Labute approximate surface area is 163 Å². The number of piperazine rings is 1. The second kappa shape index (κ2) is 8.31. The van der Waals surface area contributed by atoms with E-state index in [-0.39, 0.29) is 11.8 Å². The third-order valence-electron chi connectivity index (χ3n) is 4.56. The van der Waals surface area contributed by atoms with Gasteiger partial charge in [-0.25, -0.2) is 0 Å². The molecule has 0 atom stereocenters. The first kappa shape index (κ1) is 19.0. The van der Waals surface area contributed by atoms with Crippen molar-refractivity contribution in [3.63, 3.8) is 0 Å². The Balaban J connectivity index is 1.68. The van der Waals surface area contributed by atoms with Crippen molar-refractivity contribution in [1.29, 1.82) is 0 Å². The van der Waals surface area contributed by atoms with E-state index in [1.165, 1.54) is 14.2 Å². The topological polar surface area (TPSA) is 59.1 Å². The molecule has 0 N–H and O–H groups in total. The second-order valence-electron chi connectivity index (χ2n) is 6.14. The number of amides is 2. The summed E-state index contributed by atoms with van der Waals surface area (Å²) in [5.74, 6) is 0.641. The molecule has 0 bridgehead atoms. The maximum Gasteiger partial charge on any atom is 0.254 e. The fourth-order valence-corrected chi connectivity index (χ4v) is 3.39. The van der Waals surface area contributed by atoms with Gasteiger partial charge in [0.15, 0.2) is 11.5 Å². The number of halogens is 1. The summed E-state index contributed by atoms with van der Waals surface area (Å²) < 4.78 is 10.5. The molecular weight excluding hydrogens is 368 g/mol.